The van der Waals surface area contributed by atoms with Gasteiger partial charge in [-0.15, -0.1) is 12.8 Å². The van der Waals surface area contributed by atoms with Crippen LogP contribution in [0.1, 0.15) is 65.2 Å². The maximum Gasteiger partial charge on any atom is 0.321 e. The number of hydrogen-bond acceptors (Lipinski definition) is 8. The number of terminal acetylenes is 2. The van der Waals surface area contributed by atoms with Crippen molar-refractivity contribution in [3.05, 3.63) is 0 Å². The predicted molar refractivity (Wildman–Crippen MR) is 157 cm³/mol. The third-order valence-corrected chi connectivity index (χ3v) is 12.4. The van der Waals surface area contributed by atoms with E-state index in [1.165, 1.54) is 0 Å². The van der Waals surface area contributed by atoms with E-state index in [4.69, 9.17) is 31.8 Å². The lowest BCUT2D eigenvalue weighted by molar-refractivity contribution is -0.176. The summed E-state index contributed by atoms with van der Waals surface area (Å²) in [7, 11) is 0. The van der Waals surface area contributed by atoms with Crippen molar-refractivity contribution in [3.8, 4) is 24.7 Å². The Morgan fingerprint density at radius 3 is 2.00 bits per heavy atom. The van der Waals surface area contributed by atoms with Gasteiger partial charge in [-0.1, -0.05) is 25.7 Å². The molecule has 8 heteroatoms. The van der Waals surface area contributed by atoms with E-state index in [0.29, 0.717) is 50.1 Å². The molecule has 6 rings (SSSR count). The number of fused-ring (bicyclic) bond motifs is 5. The molecule has 6 aliphatic rings. The largest absolute Gasteiger partial charge is 0.445 e. The van der Waals surface area contributed by atoms with Crippen LogP contribution in [0.25, 0.3) is 0 Å². The van der Waals surface area contributed by atoms with Crippen LogP contribution < -0.4 is 0 Å². The van der Waals surface area contributed by atoms with Crippen molar-refractivity contribution in [2.24, 2.45) is 34.5 Å². The van der Waals surface area contributed by atoms with Crippen molar-refractivity contribution in [2.75, 3.05) is 65.7 Å². The van der Waals surface area contributed by atoms with Crippen molar-refractivity contribution in [1.29, 1.82) is 0 Å². The van der Waals surface area contributed by atoms with Crippen LogP contribution >= 0.6 is 0 Å². The van der Waals surface area contributed by atoms with Gasteiger partial charge >= 0.3 is 11.9 Å². The van der Waals surface area contributed by atoms with E-state index in [0.717, 1.165) is 77.5 Å². The van der Waals surface area contributed by atoms with E-state index >= 15 is 0 Å². The predicted octanol–water partition coefficient (Wildman–Crippen LogP) is 3.13. The molecule has 0 bridgehead atoms. The Morgan fingerprint density at radius 1 is 0.810 bits per heavy atom. The average molecular weight is 581 g/mol. The van der Waals surface area contributed by atoms with Crippen LogP contribution in [0.4, 0.5) is 0 Å². The minimum atomic E-state index is -0.864. The summed E-state index contributed by atoms with van der Waals surface area (Å²) in [6, 6.07) is 0. The summed E-state index contributed by atoms with van der Waals surface area (Å²) in [5.74, 6) is 7.37. The fourth-order valence-corrected chi connectivity index (χ4v) is 10.2. The molecule has 4 aliphatic carbocycles. The Balaban J connectivity index is 1.15. The van der Waals surface area contributed by atoms with Crippen LogP contribution in [-0.4, -0.2) is 98.6 Å². The Hall–Kier alpha value is -2.10. The van der Waals surface area contributed by atoms with E-state index in [1.807, 2.05) is 0 Å². The summed E-state index contributed by atoms with van der Waals surface area (Å²) in [5.41, 5.74) is -1.95. The second-order valence-electron chi connectivity index (χ2n) is 14.4. The van der Waals surface area contributed by atoms with Gasteiger partial charge in [0.25, 0.3) is 0 Å². The Kier molecular flexibility index (Phi) is 8.15. The number of esters is 2. The molecular weight excluding hydrogens is 532 g/mol. The van der Waals surface area contributed by atoms with Gasteiger partial charge in [0.2, 0.25) is 0 Å². The summed E-state index contributed by atoms with van der Waals surface area (Å²) in [5, 5.41) is 0. The maximum atomic E-state index is 13.2. The van der Waals surface area contributed by atoms with Gasteiger partial charge in [0.05, 0.1) is 39.5 Å². The van der Waals surface area contributed by atoms with Crippen molar-refractivity contribution in [2.45, 2.75) is 76.4 Å². The second-order valence-corrected chi connectivity index (χ2v) is 14.4. The summed E-state index contributed by atoms with van der Waals surface area (Å²) in [4.78, 5) is 30.4. The Labute approximate surface area is 251 Å². The smallest absolute Gasteiger partial charge is 0.321 e. The van der Waals surface area contributed by atoms with Crippen LogP contribution in [0.3, 0.4) is 0 Å². The molecule has 0 N–H and O–H groups in total. The normalized spacial score (nSPS) is 43.7. The Morgan fingerprint density at radius 2 is 1.40 bits per heavy atom. The molecule has 0 amide bonds. The van der Waals surface area contributed by atoms with Gasteiger partial charge in [-0.05, 0) is 67.6 Å². The molecule has 0 spiro atoms. The SMILES string of the molecule is C#C[C@@]1(OC(=O)CN2CCOCC2)C[C@@H]2CC[C@@H]3[C@H](CC[C@@]4(C)[C@H]3CC[C@]4(C#C)OC(=O)CN3CCOCC3)[C@@]2(C)C1. The highest BCUT2D eigenvalue weighted by atomic mass is 16.6. The minimum absolute atomic E-state index is 0.00423. The second kappa shape index (κ2) is 11.4. The van der Waals surface area contributed by atoms with Gasteiger partial charge in [0.1, 0.15) is 0 Å². The number of nitrogens with zero attached hydrogens (tertiary/aromatic N) is 2. The minimum Gasteiger partial charge on any atom is -0.445 e. The number of carbonyl (C=O) groups is 2. The monoisotopic (exact) mass is 580 g/mol. The third-order valence-electron chi connectivity index (χ3n) is 12.4. The molecule has 4 saturated carbocycles. The standard InChI is InChI=1S/C34H48N2O6/c1-5-33(41-29(37)22-35-13-17-39-18-14-35)21-25-7-8-26-27(31(25,3)24-33)9-11-32(4)28(26)10-12-34(32,6-2)42-30(38)23-36-15-19-40-20-16-36/h1-2,25-28H,7-24H2,3-4H3/t25-,26+,27-,28-,31-,32-,33+,34-/m0/s1. The first-order chi connectivity index (χ1) is 20.2. The van der Waals surface area contributed by atoms with Crippen molar-refractivity contribution >= 4 is 11.9 Å². The molecule has 0 unspecified atom stereocenters. The molecule has 230 valence electrons. The van der Waals surface area contributed by atoms with E-state index in [-0.39, 0.29) is 35.9 Å². The lowest BCUT2D eigenvalue weighted by Crippen LogP contribution is -2.56. The lowest BCUT2D eigenvalue weighted by Gasteiger charge is -2.58. The number of hydrogen-bond donors (Lipinski definition) is 0. The van der Waals surface area contributed by atoms with Gasteiger partial charge in [-0.2, -0.15) is 0 Å². The first kappa shape index (κ1) is 29.9. The van der Waals surface area contributed by atoms with Gasteiger partial charge in [0.15, 0.2) is 11.2 Å². The topological polar surface area (TPSA) is 77.5 Å². The third kappa shape index (κ3) is 5.07. The number of ether oxygens (including phenoxy) is 4. The zero-order chi connectivity index (χ0) is 29.6. The molecular formula is C34H48N2O6. The molecule has 0 aromatic rings. The van der Waals surface area contributed by atoms with Gasteiger partial charge in [-0.25, -0.2) is 0 Å². The van der Waals surface area contributed by atoms with E-state index in [9.17, 15) is 9.59 Å². The number of rotatable bonds is 6. The summed E-state index contributed by atoms with van der Waals surface area (Å²) >= 11 is 0. The average Bonchev–Trinajstić information content (AvgIpc) is 3.45. The zero-order valence-electron chi connectivity index (χ0n) is 25.5. The highest BCUT2D eigenvalue weighted by Crippen LogP contribution is 2.70. The van der Waals surface area contributed by atoms with Gasteiger partial charge in [0, 0.05) is 44.4 Å². The zero-order valence-corrected chi connectivity index (χ0v) is 25.5. The van der Waals surface area contributed by atoms with Gasteiger partial charge < -0.3 is 18.9 Å². The van der Waals surface area contributed by atoms with Crippen LogP contribution in [0.15, 0.2) is 0 Å². The molecule has 8 atom stereocenters. The molecule has 0 aromatic heterocycles. The van der Waals surface area contributed by atoms with Crippen LogP contribution in [0, 0.1) is 59.2 Å². The summed E-state index contributed by atoms with van der Waals surface area (Å²) < 4.78 is 23.4. The van der Waals surface area contributed by atoms with Crippen LogP contribution in [0.2, 0.25) is 0 Å². The fraction of sp³-hybridized carbons (Fsp3) is 0.824. The number of carbonyl (C=O) groups excluding carboxylic acids is 2. The van der Waals surface area contributed by atoms with Crippen LogP contribution in [-0.2, 0) is 28.5 Å². The fourth-order valence-electron chi connectivity index (χ4n) is 10.2. The van der Waals surface area contributed by atoms with Crippen molar-refractivity contribution < 1.29 is 28.5 Å². The molecule has 2 heterocycles. The molecule has 0 aromatic carbocycles. The molecule has 8 nitrogen and oxygen atoms in total. The summed E-state index contributed by atoms with van der Waals surface area (Å²) in [6.45, 7) is 10.7. The van der Waals surface area contributed by atoms with E-state index < -0.39 is 11.2 Å². The van der Waals surface area contributed by atoms with Crippen molar-refractivity contribution in [3.63, 3.8) is 0 Å². The van der Waals surface area contributed by atoms with Gasteiger partial charge in [-0.3, -0.25) is 19.4 Å². The van der Waals surface area contributed by atoms with Crippen molar-refractivity contribution in [1.82, 2.24) is 9.80 Å². The molecule has 0 radical (unpaired) electrons. The lowest BCUT2D eigenvalue weighted by atomic mass is 9.47. The Bertz CT molecular complexity index is 1130. The van der Waals surface area contributed by atoms with E-state index in [2.05, 4.69) is 35.5 Å². The molecule has 42 heavy (non-hydrogen) atoms. The highest BCUT2D eigenvalue weighted by molar-refractivity contribution is 5.73. The number of morpholine rings is 2. The van der Waals surface area contributed by atoms with Crippen LogP contribution in [0.5, 0.6) is 0 Å². The molecule has 2 aliphatic heterocycles. The maximum absolute atomic E-state index is 13.2. The highest BCUT2D eigenvalue weighted by Gasteiger charge is 2.68. The first-order valence-electron chi connectivity index (χ1n) is 16.2. The first-order valence-corrected chi connectivity index (χ1v) is 16.2. The molecule has 2 saturated heterocycles. The summed E-state index contributed by atoms with van der Waals surface area (Å²) in [6.07, 6.45) is 19.7. The quantitative estimate of drug-likeness (QED) is 0.351. The molecule has 6 fully saturated rings. The van der Waals surface area contributed by atoms with E-state index in [1.54, 1.807) is 0 Å².